The zero-order valence-electron chi connectivity index (χ0n) is 11.6. The van der Waals surface area contributed by atoms with Crippen LogP contribution in [0.5, 0.6) is 0 Å². The van der Waals surface area contributed by atoms with E-state index in [0.717, 1.165) is 25.7 Å². The topological polar surface area (TPSA) is 46.2 Å². The number of hydrogen-bond acceptors (Lipinski definition) is 2. The lowest BCUT2D eigenvalue weighted by Gasteiger charge is -2.28. The van der Waals surface area contributed by atoms with Crippen molar-refractivity contribution in [2.75, 3.05) is 0 Å². The smallest absolute Gasteiger partial charge is 0.207 e. The van der Waals surface area contributed by atoms with Gasteiger partial charge in [-0.05, 0) is 49.9 Å². The van der Waals surface area contributed by atoms with Crippen LogP contribution < -0.4 is 4.72 Å². The summed E-state index contributed by atoms with van der Waals surface area (Å²) in [5.74, 6) is -0.407. The number of sulfonamides is 1. The first kappa shape index (κ1) is 15.9. The van der Waals surface area contributed by atoms with Gasteiger partial charge in [-0.15, -0.1) is 0 Å². The van der Waals surface area contributed by atoms with Crippen LogP contribution in [-0.2, 0) is 10.0 Å². The van der Waals surface area contributed by atoms with Crippen molar-refractivity contribution in [3.63, 3.8) is 0 Å². The standard InChI is InChI=1S/C14H19BrFNO2S/c1-9-7-11(16)8-10(2)14(9)20(18,19)17-13-6-4-3-5-12(13)15/h7-8,12-13,17H,3-6H2,1-2H3. The molecule has 1 aliphatic carbocycles. The Kier molecular flexibility index (Phi) is 4.87. The van der Waals surface area contributed by atoms with Crippen LogP contribution in [0.4, 0.5) is 4.39 Å². The van der Waals surface area contributed by atoms with Crippen molar-refractivity contribution in [1.82, 2.24) is 4.72 Å². The summed E-state index contributed by atoms with van der Waals surface area (Å²) in [6, 6.07) is 2.42. The average molecular weight is 364 g/mol. The molecule has 2 unspecified atom stereocenters. The molecule has 1 N–H and O–H groups in total. The van der Waals surface area contributed by atoms with Gasteiger partial charge >= 0.3 is 0 Å². The average Bonchev–Trinajstić information content (AvgIpc) is 2.30. The number of benzene rings is 1. The van der Waals surface area contributed by atoms with Crippen LogP contribution in [0.1, 0.15) is 36.8 Å². The molecule has 0 bridgehead atoms. The lowest BCUT2D eigenvalue weighted by atomic mass is 9.96. The molecule has 3 nitrogen and oxygen atoms in total. The van der Waals surface area contributed by atoms with E-state index in [1.807, 2.05) is 0 Å². The van der Waals surface area contributed by atoms with E-state index >= 15 is 0 Å². The Balaban J connectivity index is 2.31. The van der Waals surface area contributed by atoms with E-state index in [2.05, 4.69) is 20.7 Å². The lowest BCUT2D eigenvalue weighted by Crippen LogP contribution is -2.42. The predicted octanol–water partition coefficient (Wildman–Crippen LogP) is 3.43. The number of halogens is 2. The quantitative estimate of drug-likeness (QED) is 0.836. The fourth-order valence-corrected chi connectivity index (χ4v) is 5.46. The second-order valence-corrected chi connectivity index (χ2v) is 8.22. The van der Waals surface area contributed by atoms with Crippen LogP contribution >= 0.6 is 15.9 Å². The highest BCUT2D eigenvalue weighted by molar-refractivity contribution is 9.09. The second-order valence-electron chi connectivity index (χ2n) is 5.40. The normalized spacial score (nSPS) is 23.8. The predicted molar refractivity (Wildman–Crippen MR) is 81.2 cm³/mol. The van der Waals surface area contributed by atoms with E-state index < -0.39 is 15.8 Å². The zero-order valence-corrected chi connectivity index (χ0v) is 14.0. The Bertz CT molecular complexity index is 580. The van der Waals surface area contributed by atoms with Gasteiger partial charge in [0.1, 0.15) is 5.82 Å². The molecule has 0 radical (unpaired) electrons. The number of hydrogen-bond donors (Lipinski definition) is 1. The van der Waals surface area contributed by atoms with Gasteiger partial charge in [0.15, 0.2) is 0 Å². The minimum absolute atomic E-state index is 0.0994. The van der Waals surface area contributed by atoms with E-state index in [9.17, 15) is 12.8 Å². The van der Waals surface area contributed by atoms with Gasteiger partial charge in [0.05, 0.1) is 4.90 Å². The van der Waals surface area contributed by atoms with Crippen LogP contribution in [-0.4, -0.2) is 19.3 Å². The van der Waals surface area contributed by atoms with Crippen LogP contribution in [0, 0.1) is 19.7 Å². The minimum Gasteiger partial charge on any atom is -0.207 e. The van der Waals surface area contributed by atoms with E-state index in [-0.39, 0.29) is 15.8 Å². The Morgan fingerprint density at radius 3 is 2.30 bits per heavy atom. The highest BCUT2D eigenvalue weighted by Crippen LogP contribution is 2.27. The van der Waals surface area contributed by atoms with Gasteiger partial charge in [0, 0.05) is 10.9 Å². The van der Waals surface area contributed by atoms with Gasteiger partial charge in [-0.2, -0.15) is 0 Å². The van der Waals surface area contributed by atoms with Crippen molar-refractivity contribution in [2.45, 2.75) is 55.3 Å². The molecule has 0 heterocycles. The molecule has 1 fully saturated rings. The summed E-state index contributed by atoms with van der Waals surface area (Å²) in [6.07, 6.45) is 3.93. The maximum atomic E-state index is 13.3. The summed E-state index contributed by atoms with van der Waals surface area (Å²) in [5.41, 5.74) is 0.883. The van der Waals surface area contributed by atoms with E-state index in [4.69, 9.17) is 0 Å². The number of alkyl halides is 1. The molecule has 6 heteroatoms. The third-order valence-electron chi connectivity index (χ3n) is 3.68. The minimum atomic E-state index is -3.62. The molecular formula is C14H19BrFNO2S. The molecule has 0 amide bonds. The largest absolute Gasteiger partial charge is 0.241 e. The molecule has 1 aromatic carbocycles. The van der Waals surface area contributed by atoms with Crippen molar-refractivity contribution in [1.29, 1.82) is 0 Å². The molecule has 2 atom stereocenters. The first-order valence-electron chi connectivity index (χ1n) is 6.74. The van der Waals surface area contributed by atoms with Gasteiger partial charge in [-0.25, -0.2) is 17.5 Å². The lowest BCUT2D eigenvalue weighted by molar-refractivity contribution is 0.427. The summed E-state index contributed by atoms with van der Waals surface area (Å²) >= 11 is 3.54. The van der Waals surface area contributed by atoms with Crippen molar-refractivity contribution >= 4 is 26.0 Å². The summed E-state index contributed by atoms with van der Waals surface area (Å²) in [7, 11) is -3.62. The summed E-state index contributed by atoms with van der Waals surface area (Å²) < 4.78 is 41.1. The van der Waals surface area contributed by atoms with Gasteiger partial charge in [0.25, 0.3) is 0 Å². The van der Waals surface area contributed by atoms with E-state index in [0.29, 0.717) is 11.1 Å². The van der Waals surface area contributed by atoms with Gasteiger partial charge < -0.3 is 0 Å². The van der Waals surface area contributed by atoms with Crippen molar-refractivity contribution < 1.29 is 12.8 Å². The van der Waals surface area contributed by atoms with Crippen LogP contribution in [0.15, 0.2) is 17.0 Å². The molecular weight excluding hydrogens is 345 g/mol. The molecule has 0 aromatic heterocycles. The number of nitrogens with one attached hydrogen (secondary N) is 1. The number of aryl methyl sites for hydroxylation is 2. The maximum Gasteiger partial charge on any atom is 0.241 e. The molecule has 2 rings (SSSR count). The van der Waals surface area contributed by atoms with Gasteiger partial charge in [0.2, 0.25) is 10.0 Å². The molecule has 20 heavy (non-hydrogen) atoms. The third kappa shape index (κ3) is 3.40. The monoisotopic (exact) mass is 363 g/mol. The molecule has 0 spiro atoms. The molecule has 1 aromatic rings. The summed E-state index contributed by atoms with van der Waals surface area (Å²) in [4.78, 5) is 0.358. The second kappa shape index (κ2) is 6.12. The fraction of sp³-hybridized carbons (Fsp3) is 0.571. The highest BCUT2D eigenvalue weighted by atomic mass is 79.9. The van der Waals surface area contributed by atoms with Crippen LogP contribution in [0.2, 0.25) is 0 Å². The molecule has 1 aliphatic rings. The molecule has 0 aliphatic heterocycles. The fourth-order valence-electron chi connectivity index (χ4n) is 2.80. The molecule has 0 saturated heterocycles. The molecule has 112 valence electrons. The Hall–Kier alpha value is -0.460. The van der Waals surface area contributed by atoms with E-state index in [1.165, 1.54) is 12.1 Å². The van der Waals surface area contributed by atoms with Crippen LogP contribution in [0.3, 0.4) is 0 Å². The first-order chi connectivity index (χ1) is 9.31. The Morgan fingerprint density at radius 1 is 1.20 bits per heavy atom. The van der Waals surface area contributed by atoms with Crippen molar-refractivity contribution in [3.8, 4) is 0 Å². The Morgan fingerprint density at radius 2 is 1.75 bits per heavy atom. The van der Waals surface area contributed by atoms with Crippen molar-refractivity contribution in [2.24, 2.45) is 0 Å². The van der Waals surface area contributed by atoms with E-state index in [1.54, 1.807) is 13.8 Å². The van der Waals surface area contributed by atoms with Gasteiger partial charge in [-0.1, -0.05) is 28.8 Å². The van der Waals surface area contributed by atoms with Crippen LogP contribution in [0.25, 0.3) is 0 Å². The SMILES string of the molecule is Cc1cc(F)cc(C)c1S(=O)(=O)NC1CCCCC1Br. The number of rotatable bonds is 3. The maximum absolute atomic E-state index is 13.3. The zero-order chi connectivity index (χ0) is 14.9. The van der Waals surface area contributed by atoms with Gasteiger partial charge in [-0.3, -0.25) is 0 Å². The summed E-state index contributed by atoms with van der Waals surface area (Å²) in [6.45, 7) is 3.24. The third-order valence-corrected chi connectivity index (χ3v) is 6.57. The molecule has 1 saturated carbocycles. The first-order valence-corrected chi connectivity index (χ1v) is 9.14. The Labute approximate surface area is 128 Å². The highest BCUT2D eigenvalue weighted by Gasteiger charge is 2.29. The summed E-state index contributed by atoms with van der Waals surface area (Å²) in [5, 5.41) is 0. The van der Waals surface area contributed by atoms with Crippen molar-refractivity contribution in [3.05, 3.63) is 29.1 Å².